The fourth-order valence-electron chi connectivity index (χ4n) is 4.51. The summed E-state index contributed by atoms with van der Waals surface area (Å²) >= 11 is 1.79. The van der Waals surface area contributed by atoms with E-state index in [0.717, 1.165) is 36.8 Å². The van der Waals surface area contributed by atoms with Crippen LogP contribution in [0.3, 0.4) is 0 Å². The van der Waals surface area contributed by atoms with Crippen LogP contribution in [-0.4, -0.2) is 39.0 Å². The first-order valence-electron chi connectivity index (χ1n) is 10.3. The molecule has 1 saturated heterocycles. The monoisotopic (exact) mass is 442 g/mol. The van der Waals surface area contributed by atoms with Crippen molar-refractivity contribution in [3.05, 3.63) is 65.6 Å². The Morgan fingerprint density at radius 3 is 2.90 bits per heavy atom. The third-order valence-electron chi connectivity index (χ3n) is 6.21. The van der Waals surface area contributed by atoms with E-state index in [1.165, 1.54) is 4.91 Å². The van der Waals surface area contributed by atoms with Crippen LogP contribution >= 0.6 is 11.8 Å². The maximum Gasteiger partial charge on any atom is 0.186 e. The van der Waals surface area contributed by atoms with Crippen molar-refractivity contribution in [1.82, 2.24) is 20.0 Å². The quantitative estimate of drug-likeness (QED) is 0.581. The lowest BCUT2D eigenvalue weighted by atomic mass is 9.99. The third kappa shape index (κ3) is 3.29. The lowest BCUT2D eigenvalue weighted by molar-refractivity contribution is -0.0492. The van der Waals surface area contributed by atoms with E-state index < -0.39 is 17.2 Å². The number of methoxy groups -OCH3 is 1. The fourth-order valence-corrected chi connectivity index (χ4v) is 5.59. The van der Waals surface area contributed by atoms with Crippen molar-refractivity contribution in [2.45, 2.75) is 37.6 Å². The molecule has 0 amide bonds. The summed E-state index contributed by atoms with van der Waals surface area (Å²) in [5, 5.41) is 4.73. The van der Waals surface area contributed by atoms with E-state index in [4.69, 9.17) is 4.74 Å². The first-order chi connectivity index (χ1) is 14.9. The van der Waals surface area contributed by atoms with Crippen molar-refractivity contribution in [1.29, 1.82) is 0 Å². The highest BCUT2D eigenvalue weighted by molar-refractivity contribution is 8.09. The number of H-pyrrole nitrogens is 1. The van der Waals surface area contributed by atoms with Crippen molar-refractivity contribution in [2.24, 2.45) is 0 Å². The van der Waals surface area contributed by atoms with Gasteiger partial charge in [-0.15, -0.1) is 0 Å². The van der Waals surface area contributed by atoms with Gasteiger partial charge in [0.1, 0.15) is 17.1 Å². The molecule has 5 nitrogen and oxygen atoms in total. The first-order valence-corrected chi connectivity index (χ1v) is 11.2. The van der Waals surface area contributed by atoms with Crippen molar-refractivity contribution >= 4 is 27.7 Å². The normalized spacial score (nSPS) is 24.2. The molecule has 2 aromatic carbocycles. The summed E-state index contributed by atoms with van der Waals surface area (Å²) in [5.74, 6) is -0.301. The largest absolute Gasteiger partial charge is 0.497 e. The van der Waals surface area contributed by atoms with Crippen LogP contribution in [0.5, 0.6) is 5.75 Å². The smallest absolute Gasteiger partial charge is 0.186 e. The molecule has 3 aromatic rings. The average Bonchev–Trinajstić information content (AvgIpc) is 3.48. The zero-order chi connectivity index (χ0) is 21.8. The predicted octanol–water partition coefficient (Wildman–Crippen LogP) is 5.47. The number of rotatable bonds is 4. The molecule has 3 heterocycles. The molecule has 1 aromatic heterocycles. The predicted molar refractivity (Wildman–Crippen MR) is 119 cm³/mol. The number of hydrogen-bond acceptors (Lipinski definition) is 5. The van der Waals surface area contributed by atoms with Gasteiger partial charge in [-0.2, -0.15) is 0 Å². The SMILES string of the molecule is COc1cccc(C2=CN(N3CCC[C@@]3(C)c3nc4c(F)c(F)ccc4[nH]3)C(C)S2)c1. The van der Waals surface area contributed by atoms with Crippen LogP contribution in [-0.2, 0) is 5.54 Å². The molecule has 1 N–H and O–H groups in total. The molecule has 5 rings (SSSR count). The minimum atomic E-state index is -0.904. The van der Waals surface area contributed by atoms with Crippen LogP contribution < -0.4 is 4.74 Å². The Kier molecular flexibility index (Phi) is 4.94. The average molecular weight is 443 g/mol. The number of ether oxygens (including phenoxy) is 1. The molecule has 0 aliphatic carbocycles. The molecule has 0 spiro atoms. The molecule has 31 heavy (non-hydrogen) atoms. The maximum absolute atomic E-state index is 14.3. The first kappa shape index (κ1) is 20.3. The zero-order valence-electron chi connectivity index (χ0n) is 17.7. The second-order valence-corrected chi connectivity index (χ2v) is 9.52. The van der Waals surface area contributed by atoms with Gasteiger partial charge in [0.05, 0.1) is 23.5 Å². The Morgan fingerprint density at radius 1 is 1.26 bits per heavy atom. The number of nitrogens with zero attached hydrogens (tertiary/aromatic N) is 3. The summed E-state index contributed by atoms with van der Waals surface area (Å²) < 4.78 is 33.4. The van der Waals surface area contributed by atoms with Crippen molar-refractivity contribution in [3.63, 3.8) is 0 Å². The molecule has 162 valence electrons. The molecule has 1 fully saturated rings. The van der Waals surface area contributed by atoms with E-state index in [0.29, 0.717) is 11.3 Å². The van der Waals surface area contributed by atoms with Gasteiger partial charge in [-0.05, 0) is 56.5 Å². The van der Waals surface area contributed by atoms with Gasteiger partial charge in [0, 0.05) is 17.6 Å². The zero-order valence-corrected chi connectivity index (χ0v) is 18.5. The van der Waals surface area contributed by atoms with Gasteiger partial charge in [-0.25, -0.2) is 18.8 Å². The summed E-state index contributed by atoms with van der Waals surface area (Å²) in [4.78, 5) is 8.90. The number of aromatic amines is 1. The summed E-state index contributed by atoms with van der Waals surface area (Å²) in [5.41, 5.74) is 1.23. The highest BCUT2D eigenvalue weighted by atomic mass is 32.2. The van der Waals surface area contributed by atoms with E-state index in [1.54, 1.807) is 24.9 Å². The summed E-state index contributed by atoms with van der Waals surface area (Å²) in [7, 11) is 1.67. The van der Waals surface area contributed by atoms with E-state index in [-0.39, 0.29) is 10.9 Å². The molecule has 2 aliphatic heterocycles. The summed E-state index contributed by atoms with van der Waals surface area (Å²) in [6, 6.07) is 10.7. The van der Waals surface area contributed by atoms with Gasteiger partial charge >= 0.3 is 0 Å². The van der Waals surface area contributed by atoms with Gasteiger partial charge in [0.2, 0.25) is 0 Å². The molecule has 0 radical (unpaired) electrons. The van der Waals surface area contributed by atoms with Crippen molar-refractivity contribution < 1.29 is 13.5 Å². The molecular formula is C23H24F2N4OS. The Hall–Kier alpha value is -2.58. The number of hydrazine groups is 1. The Bertz CT molecular complexity index is 1180. The fraction of sp³-hybridized carbons (Fsp3) is 0.348. The molecule has 2 aliphatic rings. The molecule has 1 unspecified atom stereocenters. The highest BCUT2D eigenvalue weighted by Gasteiger charge is 2.45. The van der Waals surface area contributed by atoms with E-state index >= 15 is 0 Å². The number of aromatic nitrogens is 2. The maximum atomic E-state index is 14.3. The summed E-state index contributed by atoms with van der Waals surface area (Å²) in [6.07, 6.45) is 4.02. The van der Waals surface area contributed by atoms with Gasteiger partial charge in [-0.1, -0.05) is 23.9 Å². The molecule has 2 atom stereocenters. The van der Waals surface area contributed by atoms with E-state index in [1.807, 2.05) is 18.2 Å². The topological polar surface area (TPSA) is 44.4 Å². The number of thioether (sulfide) groups is 1. The number of halogens is 2. The van der Waals surface area contributed by atoms with Crippen molar-refractivity contribution in [2.75, 3.05) is 13.7 Å². The van der Waals surface area contributed by atoms with Crippen molar-refractivity contribution in [3.8, 4) is 5.75 Å². The number of nitrogens with one attached hydrogen (secondary N) is 1. The second kappa shape index (κ2) is 7.53. The summed E-state index contributed by atoms with van der Waals surface area (Å²) in [6.45, 7) is 5.14. The van der Waals surface area contributed by atoms with Crippen LogP contribution in [0.25, 0.3) is 15.9 Å². The number of hydrogen-bond donors (Lipinski definition) is 1. The standard InChI is InChI=1S/C23H24F2N4OS/c1-14-28(13-19(31-14)15-6-4-7-16(12-15)30-3)29-11-5-10-23(29,2)22-26-18-9-8-17(24)20(25)21(18)27-22/h4,6-9,12-14H,5,10-11H2,1-3H3,(H,26,27)/t14?,23-/m0/s1. The lowest BCUT2D eigenvalue weighted by Gasteiger charge is -2.41. The van der Waals surface area contributed by atoms with Gasteiger partial charge in [-0.3, -0.25) is 5.01 Å². The number of benzene rings is 2. The van der Waals surface area contributed by atoms with Gasteiger partial charge in [0.15, 0.2) is 11.6 Å². The molecule has 8 heteroatoms. The minimum Gasteiger partial charge on any atom is -0.497 e. The minimum absolute atomic E-state index is 0.0551. The van der Waals surface area contributed by atoms with Crippen LogP contribution in [0.15, 0.2) is 42.6 Å². The third-order valence-corrected chi connectivity index (χ3v) is 7.36. The molecular weight excluding hydrogens is 418 g/mol. The van der Waals surface area contributed by atoms with E-state index in [2.05, 4.69) is 46.1 Å². The van der Waals surface area contributed by atoms with Crippen LogP contribution in [0.4, 0.5) is 8.78 Å². The second-order valence-electron chi connectivity index (χ2n) is 8.17. The lowest BCUT2D eigenvalue weighted by Crippen LogP contribution is -2.50. The van der Waals surface area contributed by atoms with Crippen LogP contribution in [0.2, 0.25) is 0 Å². The molecule has 0 bridgehead atoms. The van der Waals surface area contributed by atoms with Crippen LogP contribution in [0.1, 0.15) is 38.1 Å². The van der Waals surface area contributed by atoms with E-state index in [9.17, 15) is 8.78 Å². The molecule has 0 saturated carbocycles. The Balaban J connectivity index is 1.51. The Morgan fingerprint density at radius 2 is 2.10 bits per heavy atom. The number of imidazole rings is 1. The van der Waals surface area contributed by atoms with Crippen LogP contribution in [0, 0.1) is 11.6 Å². The van der Waals surface area contributed by atoms with Gasteiger partial charge < -0.3 is 9.72 Å². The Labute approximate surface area is 184 Å². The highest BCUT2D eigenvalue weighted by Crippen LogP contribution is 2.46. The number of fused-ring (bicyclic) bond motifs is 1. The van der Waals surface area contributed by atoms with Gasteiger partial charge in [0.25, 0.3) is 0 Å².